The van der Waals surface area contributed by atoms with E-state index < -0.39 is 0 Å². The van der Waals surface area contributed by atoms with Gasteiger partial charge in [0.25, 0.3) is 0 Å². The number of hydrogen-bond donors (Lipinski definition) is 2. The smallest absolute Gasteiger partial charge is 0.0800 e. The molecule has 0 amide bonds. The third-order valence-electron chi connectivity index (χ3n) is 2.61. The predicted molar refractivity (Wildman–Crippen MR) is 73.4 cm³/mol. The van der Waals surface area contributed by atoms with E-state index >= 15 is 0 Å². The normalized spacial score (nSPS) is 12.9. The minimum atomic E-state index is 0.484. The summed E-state index contributed by atoms with van der Waals surface area (Å²) < 4.78 is 4.03. The molecule has 0 fully saturated rings. The molecule has 0 aliphatic heterocycles. The van der Waals surface area contributed by atoms with Crippen LogP contribution in [-0.2, 0) is 13.0 Å². The van der Waals surface area contributed by atoms with E-state index in [9.17, 15) is 0 Å². The first-order chi connectivity index (χ1) is 8.27. The van der Waals surface area contributed by atoms with Crippen LogP contribution >= 0.6 is 11.5 Å². The molecule has 17 heavy (non-hydrogen) atoms. The largest absolute Gasteiger partial charge is 0.315 e. The van der Waals surface area contributed by atoms with Gasteiger partial charge in [-0.2, -0.15) is 0 Å². The Morgan fingerprint density at radius 2 is 2.12 bits per heavy atom. The van der Waals surface area contributed by atoms with Crippen molar-refractivity contribution in [3.05, 3.63) is 10.6 Å². The van der Waals surface area contributed by atoms with Crippen LogP contribution in [0, 0.1) is 0 Å². The Balaban J connectivity index is 2.26. The second-order valence-corrected chi connectivity index (χ2v) is 5.22. The number of rotatable bonds is 9. The average molecular weight is 256 g/mol. The van der Waals surface area contributed by atoms with Crippen molar-refractivity contribution in [1.29, 1.82) is 0 Å². The van der Waals surface area contributed by atoms with Gasteiger partial charge in [-0.05, 0) is 37.8 Å². The van der Waals surface area contributed by atoms with Gasteiger partial charge in [-0.3, -0.25) is 0 Å². The number of nitrogens with one attached hydrogen (secondary N) is 2. The first-order valence-electron chi connectivity index (χ1n) is 6.52. The topological polar surface area (TPSA) is 49.8 Å². The van der Waals surface area contributed by atoms with Gasteiger partial charge in [-0.1, -0.05) is 24.8 Å². The van der Waals surface area contributed by atoms with Crippen LogP contribution in [0.4, 0.5) is 0 Å². The molecule has 5 heteroatoms. The monoisotopic (exact) mass is 256 g/mol. The zero-order chi connectivity index (χ0) is 12.5. The van der Waals surface area contributed by atoms with E-state index in [1.165, 1.54) is 28.5 Å². The highest BCUT2D eigenvalue weighted by Crippen LogP contribution is 2.12. The highest BCUT2D eigenvalue weighted by Gasteiger charge is 2.08. The minimum absolute atomic E-state index is 0.484. The average Bonchev–Trinajstić information content (AvgIpc) is 2.75. The van der Waals surface area contributed by atoms with Crippen LogP contribution in [0.15, 0.2) is 0 Å². The summed E-state index contributed by atoms with van der Waals surface area (Å²) in [5.74, 6) is 0. The lowest BCUT2D eigenvalue weighted by Gasteiger charge is -2.13. The highest BCUT2D eigenvalue weighted by molar-refractivity contribution is 7.05. The molecule has 0 aromatic carbocycles. The Bertz CT molecular complexity index is 300. The maximum atomic E-state index is 4.17. The van der Waals surface area contributed by atoms with Crippen molar-refractivity contribution in [2.75, 3.05) is 13.1 Å². The molecule has 1 rings (SSSR count). The fraction of sp³-hybridized carbons (Fsp3) is 0.833. The van der Waals surface area contributed by atoms with Gasteiger partial charge in [-0.15, -0.1) is 5.10 Å². The van der Waals surface area contributed by atoms with Gasteiger partial charge in [0.05, 0.1) is 10.6 Å². The van der Waals surface area contributed by atoms with Gasteiger partial charge in [0, 0.05) is 19.1 Å². The molecule has 0 radical (unpaired) electrons. The van der Waals surface area contributed by atoms with E-state index in [0.29, 0.717) is 6.04 Å². The molecule has 2 N–H and O–H groups in total. The maximum absolute atomic E-state index is 4.17. The van der Waals surface area contributed by atoms with Crippen LogP contribution < -0.4 is 10.6 Å². The Morgan fingerprint density at radius 3 is 2.82 bits per heavy atom. The summed E-state index contributed by atoms with van der Waals surface area (Å²) in [6.45, 7) is 9.57. The van der Waals surface area contributed by atoms with Crippen molar-refractivity contribution in [1.82, 2.24) is 20.2 Å². The van der Waals surface area contributed by atoms with Crippen molar-refractivity contribution in [3.8, 4) is 0 Å². The third kappa shape index (κ3) is 5.57. The van der Waals surface area contributed by atoms with Crippen LogP contribution in [-0.4, -0.2) is 28.7 Å². The van der Waals surface area contributed by atoms with Crippen molar-refractivity contribution >= 4 is 11.5 Å². The summed E-state index contributed by atoms with van der Waals surface area (Å²) >= 11 is 1.52. The fourth-order valence-electron chi connectivity index (χ4n) is 1.62. The molecule has 4 nitrogen and oxygen atoms in total. The van der Waals surface area contributed by atoms with Crippen molar-refractivity contribution in [2.45, 2.75) is 52.6 Å². The summed E-state index contributed by atoms with van der Waals surface area (Å²) in [5.41, 5.74) is 1.17. The summed E-state index contributed by atoms with van der Waals surface area (Å²) in [7, 11) is 0. The lowest BCUT2D eigenvalue weighted by molar-refractivity contribution is 0.502. The van der Waals surface area contributed by atoms with Crippen molar-refractivity contribution < 1.29 is 0 Å². The third-order valence-corrected chi connectivity index (χ3v) is 3.37. The van der Waals surface area contributed by atoms with Gasteiger partial charge in [-0.25, -0.2) is 0 Å². The summed E-state index contributed by atoms with van der Waals surface area (Å²) in [5, 5.41) is 11.1. The van der Waals surface area contributed by atoms with Crippen LogP contribution in [0.2, 0.25) is 0 Å². The Hall–Kier alpha value is -0.520. The summed E-state index contributed by atoms with van der Waals surface area (Å²) in [4.78, 5) is 1.29. The first kappa shape index (κ1) is 14.5. The standard InChI is InChI=1S/C12H24N4S/c1-4-6-11-12(17-16-15-11)9-14-10(3)8-13-7-5-2/h10,13-14H,4-9H2,1-3H3. The van der Waals surface area contributed by atoms with E-state index in [1.54, 1.807) is 0 Å². The van der Waals surface area contributed by atoms with E-state index in [-0.39, 0.29) is 0 Å². The van der Waals surface area contributed by atoms with E-state index in [1.807, 2.05) is 0 Å². The molecular formula is C12H24N4S. The molecule has 0 saturated heterocycles. The van der Waals surface area contributed by atoms with Gasteiger partial charge < -0.3 is 10.6 Å². The Kier molecular flexibility index (Phi) is 7.32. The second-order valence-electron chi connectivity index (χ2n) is 4.38. The molecule has 1 atom stereocenters. The summed E-state index contributed by atoms with van der Waals surface area (Å²) in [6.07, 6.45) is 3.36. The number of aryl methyl sites for hydroxylation is 1. The molecule has 0 saturated carbocycles. The highest BCUT2D eigenvalue weighted by atomic mass is 32.1. The molecule has 0 aliphatic rings. The van der Waals surface area contributed by atoms with Crippen LogP contribution in [0.1, 0.15) is 44.2 Å². The fourth-order valence-corrected chi connectivity index (χ4v) is 2.26. The zero-order valence-electron chi connectivity index (χ0n) is 11.1. The zero-order valence-corrected chi connectivity index (χ0v) is 11.9. The SMILES string of the molecule is CCCNCC(C)NCc1snnc1CCC. The van der Waals surface area contributed by atoms with Crippen molar-refractivity contribution in [3.63, 3.8) is 0 Å². The molecule has 1 aromatic heterocycles. The number of aromatic nitrogens is 2. The lowest BCUT2D eigenvalue weighted by atomic mass is 10.2. The summed E-state index contributed by atoms with van der Waals surface area (Å²) in [6, 6.07) is 0.484. The Labute approximate surface area is 108 Å². The first-order valence-corrected chi connectivity index (χ1v) is 7.29. The van der Waals surface area contributed by atoms with Gasteiger partial charge in [0.1, 0.15) is 0 Å². The molecule has 0 bridgehead atoms. The quantitative estimate of drug-likeness (QED) is 0.663. The van der Waals surface area contributed by atoms with E-state index in [2.05, 4.69) is 41.0 Å². The Morgan fingerprint density at radius 1 is 1.29 bits per heavy atom. The molecule has 98 valence electrons. The second kappa shape index (κ2) is 8.55. The van der Waals surface area contributed by atoms with E-state index in [0.717, 1.165) is 32.5 Å². The minimum Gasteiger partial charge on any atom is -0.315 e. The molecule has 1 unspecified atom stereocenters. The van der Waals surface area contributed by atoms with Gasteiger partial charge in [0.15, 0.2) is 0 Å². The molecule has 1 heterocycles. The lowest BCUT2D eigenvalue weighted by Crippen LogP contribution is -2.36. The number of hydrogen-bond acceptors (Lipinski definition) is 5. The van der Waals surface area contributed by atoms with Crippen LogP contribution in [0.3, 0.4) is 0 Å². The van der Waals surface area contributed by atoms with Crippen molar-refractivity contribution in [2.24, 2.45) is 0 Å². The molecule has 0 spiro atoms. The number of nitrogens with zero attached hydrogens (tertiary/aromatic N) is 2. The molecule has 1 aromatic rings. The van der Waals surface area contributed by atoms with Gasteiger partial charge in [0.2, 0.25) is 0 Å². The maximum Gasteiger partial charge on any atom is 0.0800 e. The van der Waals surface area contributed by atoms with E-state index in [4.69, 9.17) is 0 Å². The van der Waals surface area contributed by atoms with Crippen LogP contribution in [0.25, 0.3) is 0 Å². The molecular weight excluding hydrogens is 232 g/mol. The predicted octanol–water partition coefficient (Wildman–Crippen LogP) is 1.97. The van der Waals surface area contributed by atoms with Crippen LogP contribution in [0.5, 0.6) is 0 Å². The van der Waals surface area contributed by atoms with Gasteiger partial charge >= 0.3 is 0 Å². The molecule has 0 aliphatic carbocycles.